The molecule has 1 heterocycles. The molecule has 5 heteroatoms. The second-order valence-corrected chi connectivity index (χ2v) is 5.36. The Balaban J connectivity index is 2.35. The normalized spacial score (nSPS) is 10.9. The smallest absolute Gasteiger partial charge is 0.241 e. The van der Waals surface area contributed by atoms with Crippen molar-refractivity contribution < 1.29 is 4.74 Å². The predicted molar refractivity (Wildman–Crippen MR) is 75.9 cm³/mol. The zero-order valence-corrected chi connectivity index (χ0v) is 12.2. The highest BCUT2D eigenvalue weighted by molar-refractivity contribution is 9.10. The number of ether oxygens (including phenoxy) is 1. The van der Waals surface area contributed by atoms with E-state index >= 15 is 0 Å². The average molecular weight is 310 g/mol. The number of halogens is 1. The SMILES string of the molecule is CC(C)c1nn(C)c(Oc2cccc(Br)c2)c1N. The molecule has 1 aromatic carbocycles. The van der Waals surface area contributed by atoms with E-state index in [4.69, 9.17) is 10.5 Å². The number of hydrogen-bond acceptors (Lipinski definition) is 3. The molecular weight excluding hydrogens is 294 g/mol. The number of nitrogen functional groups attached to an aromatic ring is 1. The van der Waals surface area contributed by atoms with Crippen LogP contribution in [0.5, 0.6) is 11.6 Å². The van der Waals surface area contributed by atoms with Crippen LogP contribution in [0.25, 0.3) is 0 Å². The standard InChI is InChI=1S/C13H16BrN3O/c1-8(2)12-11(15)13(17(3)16-12)18-10-6-4-5-9(14)7-10/h4-8H,15H2,1-3H3. The van der Waals surface area contributed by atoms with Gasteiger partial charge in [-0.2, -0.15) is 5.10 Å². The summed E-state index contributed by atoms with van der Waals surface area (Å²) >= 11 is 3.41. The van der Waals surface area contributed by atoms with E-state index in [1.807, 2.05) is 31.3 Å². The Labute approximate surface area is 115 Å². The number of nitrogens with zero attached hydrogens (tertiary/aromatic N) is 2. The Hall–Kier alpha value is -1.49. The lowest BCUT2D eigenvalue weighted by Gasteiger charge is -2.07. The Bertz CT molecular complexity index is 563. The monoisotopic (exact) mass is 309 g/mol. The summed E-state index contributed by atoms with van der Waals surface area (Å²) in [4.78, 5) is 0. The van der Waals surface area contributed by atoms with Gasteiger partial charge in [-0.15, -0.1) is 0 Å². The molecule has 0 spiro atoms. The molecule has 0 aliphatic heterocycles. The van der Waals surface area contributed by atoms with Crippen LogP contribution in [0.3, 0.4) is 0 Å². The van der Waals surface area contributed by atoms with Crippen molar-refractivity contribution in [3.8, 4) is 11.6 Å². The van der Waals surface area contributed by atoms with E-state index in [0.29, 0.717) is 11.6 Å². The predicted octanol–water partition coefficient (Wildman–Crippen LogP) is 3.68. The van der Waals surface area contributed by atoms with Crippen LogP contribution in [-0.2, 0) is 7.05 Å². The van der Waals surface area contributed by atoms with Gasteiger partial charge < -0.3 is 10.5 Å². The summed E-state index contributed by atoms with van der Waals surface area (Å²) in [6.07, 6.45) is 0. The van der Waals surface area contributed by atoms with Gasteiger partial charge in [0.15, 0.2) is 0 Å². The molecule has 2 N–H and O–H groups in total. The van der Waals surface area contributed by atoms with Crippen LogP contribution in [0.1, 0.15) is 25.5 Å². The third-order valence-electron chi connectivity index (χ3n) is 2.62. The fourth-order valence-corrected chi connectivity index (χ4v) is 2.11. The molecular formula is C13H16BrN3O. The minimum absolute atomic E-state index is 0.274. The molecule has 0 amide bonds. The van der Waals surface area contributed by atoms with Crippen molar-refractivity contribution in [2.75, 3.05) is 5.73 Å². The molecule has 0 radical (unpaired) electrons. The Kier molecular flexibility index (Phi) is 3.61. The largest absolute Gasteiger partial charge is 0.437 e. The third-order valence-corrected chi connectivity index (χ3v) is 3.11. The number of nitrogens with two attached hydrogens (primary N) is 1. The summed E-state index contributed by atoms with van der Waals surface area (Å²) < 4.78 is 8.43. The number of aryl methyl sites for hydroxylation is 1. The van der Waals surface area contributed by atoms with E-state index in [-0.39, 0.29) is 5.92 Å². The molecule has 0 bridgehead atoms. The first-order chi connectivity index (χ1) is 8.49. The molecule has 4 nitrogen and oxygen atoms in total. The molecule has 0 unspecified atom stereocenters. The van der Waals surface area contributed by atoms with E-state index < -0.39 is 0 Å². The quantitative estimate of drug-likeness (QED) is 0.941. The highest BCUT2D eigenvalue weighted by atomic mass is 79.9. The van der Waals surface area contributed by atoms with Gasteiger partial charge in [-0.1, -0.05) is 35.8 Å². The molecule has 0 saturated heterocycles. The number of anilines is 1. The first kappa shape index (κ1) is 13.0. The zero-order valence-electron chi connectivity index (χ0n) is 10.6. The van der Waals surface area contributed by atoms with Crippen LogP contribution in [0.4, 0.5) is 5.69 Å². The first-order valence-electron chi connectivity index (χ1n) is 5.75. The second-order valence-electron chi connectivity index (χ2n) is 4.44. The summed E-state index contributed by atoms with van der Waals surface area (Å²) in [6.45, 7) is 4.11. The van der Waals surface area contributed by atoms with E-state index in [2.05, 4.69) is 34.9 Å². The molecule has 18 heavy (non-hydrogen) atoms. The van der Waals surface area contributed by atoms with Gasteiger partial charge in [0, 0.05) is 11.5 Å². The second kappa shape index (κ2) is 5.02. The molecule has 0 fully saturated rings. The van der Waals surface area contributed by atoms with Crippen LogP contribution in [-0.4, -0.2) is 9.78 Å². The summed E-state index contributed by atoms with van der Waals surface area (Å²) in [5.41, 5.74) is 7.54. The summed E-state index contributed by atoms with van der Waals surface area (Å²) in [7, 11) is 1.83. The molecule has 96 valence electrons. The van der Waals surface area contributed by atoms with Crippen LogP contribution >= 0.6 is 15.9 Å². The lowest BCUT2D eigenvalue weighted by molar-refractivity contribution is 0.432. The maximum Gasteiger partial charge on any atom is 0.241 e. The van der Waals surface area contributed by atoms with Gasteiger partial charge in [0.05, 0.1) is 5.69 Å². The van der Waals surface area contributed by atoms with Crippen molar-refractivity contribution in [3.05, 3.63) is 34.4 Å². The number of benzene rings is 1. The maximum atomic E-state index is 6.07. The zero-order chi connectivity index (χ0) is 13.3. The van der Waals surface area contributed by atoms with E-state index in [1.165, 1.54) is 0 Å². The molecule has 2 aromatic rings. The van der Waals surface area contributed by atoms with Gasteiger partial charge in [0.1, 0.15) is 11.4 Å². The minimum Gasteiger partial charge on any atom is -0.437 e. The van der Waals surface area contributed by atoms with Crippen molar-refractivity contribution in [2.45, 2.75) is 19.8 Å². The van der Waals surface area contributed by atoms with Crippen molar-refractivity contribution in [3.63, 3.8) is 0 Å². The summed E-state index contributed by atoms with van der Waals surface area (Å²) in [5, 5.41) is 4.38. The summed E-state index contributed by atoms with van der Waals surface area (Å²) in [6, 6.07) is 7.63. The molecule has 0 atom stereocenters. The van der Waals surface area contributed by atoms with E-state index in [0.717, 1.165) is 15.9 Å². The van der Waals surface area contributed by atoms with Crippen molar-refractivity contribution in [1.82, 2.24) is 9.78 Å². The van der Waals surface area contributed by atoms with Crippen LogP contribution in [0.15, 0.2) is 28.7 Å². The van der Waals surface area contributed by atoms with Crippen molar-refractivity contribution in [1.29, 1.82) is 0 Å². The Morgan fingerprint density at radius 3 is 2.67 bits per heavy atom. The highest BCUT2D eigenvalue weighted by Crippen LogP contribution is 2.33. The van der Waals surface area contributed by atoms with Gasteiger partial charge in [-0.3, -0.25) is 0 Å². The number of aromatic nitrogens is 2. The Morgan fingerprint density at radius 2 is 2.11 bits per heavy atom. The molecule has 0 aliphatic carbocycles. The number of hydrogen-bond donors (Lipinski definition) is 1. The fourth-order valence-electron chi connectivity index (χ4n) is 1.73. The van der Waals surface area contributed by atoms with Gasteiger partial charge in [0.25, 0.3) is 0 Å². The van der Waals surface area contributed by atoms with Crippen LogP contribution in [0.2, 0.25) is 0 Å². The van der Waals surface area contributed by atoms with Crippen LogP contribution in [0, 0.1) is 0 Å². The average Bonchev–Trinajstić information content (AvgIpc) is 2.57. The number of rotatable bonds is 3. The molecule has 0 saturated carbocycles. The third kappa shape index (κ3) is 2.51. The van der Waals surface area contributed by atoms with Gasteiger partial charge in [-0.05, 0) is 24.1 Å². The van der Waals surface area contributed by atoms with E-state index in [9.17, 15) is 0 Å². The van der Waals surface area contributed by atoms with E-state index in [1.54, 1.807) is 4.68 Å². The van der Waals surface area contributed by atoms with Gasteiger partial charge >= 0.3 is 0 Å². The summed E-state index contributed by atoms with van der Waals surface area (Å²) in [5.74, 6) is 1.59. The van der Waals surface area contributed by atoms with Crippen LogP contribution < -0.4 is 10.5 Å². The highest BCUT2D eigenvalue weighted by Gasteiger charge is 2.17. The lowest BCUT2D eigenvalue weighted by atomic mass is 10.1. The van der Waals surface area contributed by atoms with Crippen molar-refractivity contribution >= 4 is 21.6 Å². The molecule has 1 aromatic heterocycles. The molecule has 0 aliphatic rings. The van der Waals surface area contributed by atoms with Gasteiger partial charge in [0.2, 0.25) is 5.88 Å². The first-order valence-corrected chi connectivity index (χ1v) is 6.54. The lowest BCUT2D eigenvalue weighted by Crippen LogP contribution is -1.96. The minimum atomic E-state index is 0.274. The maximum absolute atomic E-state index is 6.07. The fraction of sp³-hybridized carbons (Fsp3) is 0.308. The Morgan fingerprint density at radius 1 is 1.39 bits per heavy atom. The van der Waals surface area contributed by atoms with Crippen molar-refractivity contribution in [2.24, 2.45) is 7.05 Å². The topological polar surface area (TPSA) is 53.1 Å². The molecule has 2 rings (SSSR count). The van der Waals surface area contributed by atoms with Gasteiger partial charge in [-0.25, -0.2) is 4.68 Å².